The Morgan fingerprint density at radius 2 is 1.53 bits per heavy atom. The lowest BCUT2D eigenvalue weighted by atomic mass is 10.1. The molecular formula is C15H29NO3. The van der Waals surface area contributed by atoms with E-state index >= 15 is 0 Å². The molecule has 0 aromatic heterocycles. The minimum absolute atomic E-state index is 0.693. The molecule has 0 amide bonds. The molecule has 0 heterocycles. The van der Waals surface area contributed by atoms with Gasteiger partial charge in [0.2, 0.25) is 0 Å². The molecule has 0 atom stereocenters. The molecule has 4 heteroatoms. The highest BCUT2D eigenvalue weighted by Crippen LogP contribution is 2.44. The van der Waals surface area contributed by atoms with Crippen molar-refractivity contribution in [3.63, 3.8) is 0 Å². The molecule has 0 aromatic carbocycles. The van der Waals surface area contributed by atoms with Gasteiger partial charge in [-0.05, 0) is 43.9 Å². The van der Waals surface area contributed by atoms with E-state index in [1.807, 2.05) is 0 Å². The molecule has 0 aliphatic heterocycles. The molecule has 0 aromatic rings. The maximum Gasteiger partial charge on any atom is 0.0701 e. The minimum atomic E-state index is 0.693. The summed E-state index contributed by atoms with van der Waals surface area (Å²) < 4.78 is 16.0. The number of ether oxygens (including phenoxy) is 3. The fraction of sp³-hybridized carbons (Fsp3) is 1.00. The molecule has 2 rings (SSSR count). The van der Waals surface area contributed by atoms with Gasteiger partial charge in [-0.25, -0.2) is 0 Å². The average molecular weight is 271 g/mol. The van der Waals surface area contributed by atoms with Gasteiger partial charge >= 0.3 is 0 Å². The monoisotopic (exact) mass is 271 g/mol. The predicted octanol–water partition coefficient (Wildman–Crippen LogP) is 1.83. The van der Waals surface area contributed by atoms with E-state index in [0.717, 1.165) is 50.7 Å². The van der Waals surface area contributed by atoms with E-state index in [0.29, 0.717) is 13.2 Å². The van der Waals surface area contributed by atoms with Crippen molar-refractivity contribution >= 4 is 0 Å². The Morgan fingerprint density at radius 1 is 0.895 bits per heavy atom. The van der Waals surface area contributed by atoms with Crippen LogP contribution in [0, 0.1) is 11.8 Å². The lowest BCUT2D eigenvalue weighted by Crippen LogP contribution is -2.35. The molecule has 0 spiro atoms. The molecule has 112 valence electrons. The number of hydrogen-bond acceptors (Lipinski definition) is 4. The Hall–Kier alpha value is -0.160. The van der Waals surface area contributed by atoms with Crippen LogP contribution < -0.4 is 5.32 Å². The van der Waals surface area contributed by atoms with Gasteiger partial charge < -0.3 is 19.5 Å². The van der Waals surface area contributed by atoms with Crippen molar-refractivity contribution in [2.45, 2.75) is 38.1 Å². The summed E-state index contributed by atoms with van der Waals surface area (Å²) in [5, 5.41) is 3.68. The minimum Gasteiger partial charge on any atom is -0.385 e. The first-order chi connectivity index (χ1) is 9.42. The summed E-state index contributed by atoms with van der Waals surface area (Å²) in [6.07, 6.45) is 6.70. The Labute approximate surface area is 117 Å². The van der Waals surface area contributed by atoms with E-state index in [1.165, 1.54) is 25.7 Å². The molecule has 2 aliphatic rings. The zero-order chi connectivity index (χ0) is 13.3. The van der Waals surface area contributed by atoms with Crippen LogP contribution in [0.1, 0.15) is 32.1 Å². The van der Waals surface area contributed by atoms with Gasteiger partial charge in [-0.15, -0.1) is 0 Å². The summed E-state index contributed by atoms with van der Waals surface area (Å²) >= 11 is 0. The lowest BCUT2D eigenvalue weighted by Gasteiger charge is -2.17. The van der Waals surface area contributed by atoms with Gasteiger partial charge in [-0.2, -0.15) is 0 Å². The van der Waals surface area contributed by atoms with Crippen LogP contribution in [0.15, 0.2) is 0 Å². The van der Waals surface area contributed by atoms with E-state index in [4.69, 9.17) is 14.2 Å². The highest BCUT2D eigenvalue weighted by molar-refractivity contribution is 4.96. The summed E-state index contributed by atoms with van der Waals surface area (Å²) in [6.45, 7) is 4.72. The SMILES string of the molecule is COCCCOCCOCCNC(C1CC1)C1CC1. The maximum absolute atomic E-state index is 5.57. The van der Waals surface area contributed by atoms with Crippen LogP contribution >= 0.6 is 0 Å². The molecule has 2 aliphatic carbocycles. The van der Waals surface area contributed by atoms with Crippen LogP contribution in [0.4, 0.5) is 0 Å². The first-order valence-corrected chi connectivity index (χ1v) is 7.79. The first kappa shape index (κ1) is 15.2. The fourth-order valence-corrected chi connectivity index (χ4v) is 2.55. The second kappa shape index (κ2) is 8.90. The second-order valence-corrected chi connectivity index (χ2v) is 5.73. The Kier molecular flexibility index (Phi) is 7.14. The van der Waals surface area contributed by atoms with Gasteiger partial charge in [-0.3, -0.25) is 0 Å². The van der Waals surface area contributed by atoms with E-state index < -0.39 is 0 Å². The lowest BCUT2D eigenvalue weighted by molar-refractivity contribution is 0.0400. The van der Waals surface area contributed by atoms with Crippen molar-refractivity contribution in [2.24, 2.45) is 11.8 Å². The normalized spacial score (nSPS) is 19.3. The third-order valence-electron chi connectivity index (χ3n) is 3.90. The summed E-state index contributed by atoms with van der Waals surface area (Å²) in [4.78, 5) is 0. The van der Waals surface area contributed by atoms with E-state index in [2.05, 4.69) is 5.32 Å². The number of hydrogen-bond donors (Lipinski definition) is 1. The van der Waals surface area contributed by atoms with Crippen molar-refractivity contribution < 1.29 is 14.2 Å². The van der Waals surface area contributed by atoms with Crippen LogP contribution in [0.5, 0.6) is 0 Å². The van der Waals surface area contributed by atoms with Crippen molar-refractivity contribution in [1.82, 2.24) is 5.32 Å². The fourth-order valence-electron chi connectivity index (χ4n) is 2.55. The highest BCUT2D eigenvalue weighted by atomic mass is 16.5. The molecule has 0 radical (unpaired) electrons. The molecule has 4 nitrogen and oxygen atoms in total. The summed E-state index contributed by atoms with van der Waals surface area (Å²) in [5.41, 5.74) is 0. The Balaban J connectivity index is 1.34. The number of methoxy groups -OCH3 is 1. The first-order valence-electron chi connectivity index (χ1n) is 7.79. The number of rotatable bonds is 13. The van der Waals surface area contributed by atoms with E-state index in [1.54, 1.807) is 7.11 Å². The smallest absolute Gasteiger partial charge is 0.0701 e. The molecule has 2 fully saturated rings. The Bertz CT molecular complexity index is 217. The summed E-state index contributed by atoms with van der Waals surface area (Å²) in [5.74, 6) is 1.94. The highest BCUT2D eigenvalue weighted by Gasteiger charge is 2.40. The van der Waals surface area contributed by atoms with Crippen LogP contribution in [0.2, 0.25) is 0 Å². The summed E-state index contributed by atoms with van der Waals surface area (Å²) in [7, 11) is 1.71. The zero-order valence-electron chi connectivity index (χ0n) is 12.2. The van der Waals surface area contributed by atoms with Crippen molar-refractivity contribution in [1.29, 1.82) is 0 Å². The van der Waals surface area contributed by atoms with Crippen LogP contribution in [0.3, 0.4) is 0 Å². The molecule has 2 saturated carbocycles. The van der Waals surface area contributed by atoms with Gasteiger partial charge in [0, 0.05) is 32.9 Å². The summed E-state index contributed by atoms with van der Waals surface area (Å²) in [6, 6.07) is 0.786. The van der Waals surface area contributed by atoms with Crippen molar-refractivity contribution in [3.05, 3.63) is 0 Å². The van der Waals surface area contributed by atoms with Crippen LogP contribution in [-0.2, 0) is 14.2 Å². The van der Waals surface area contributed by atoms with Gasteiger partial charge in [0.15, 0.2) is 0 Å². The third-order valence-corrected chi connectivity index (χ3v) is 3.90. The van der Waals surface area contributed by atoms with E-state index in [9.17, 15) is 0 Å². The second-order valence-electron chi connectivity index (χ2n) is 5.73. The molecule has 19 heavy (non-hydrogen) atoms. The third kappa shape index (κ3) is 6.70. The quantitative estimate of drug-likeness (QED) is 0.519. The molecule has 0 bridgehead atoms. The van der Waals surface area contributed by atoms with Crippen molar-refractivity contribution in [2.75, 3.05) is 46.7 Å². The van der Waals surface area contributed by atoms with Gasteiger partial charge in [0.1, 0.15) is 0 Å². The van der Waals surface area contributed by atoms with Gasteiger partial charge in [0.05, 0.1) is 19.8 Å². The van der Waals surface area contributed by atoms with Gasteiger partial charge in [-0.1, -0.05) is 0 Å². The van der Waals surface area contributed by atoms with Crippen LogP contribution in [-0.4, -0.2) is 52.7 Å². The molecule has 0 unspecified atom stereocenters. The maximum atomic E-state index is 5.57. The Morgan fingerprint density at radius 3 is 2.11 bits per heavy atom. The van der Waals surface area contributed by atoms with Gasteiger partial charge in [0.25, 0.3) is 0 Å². The zero-order valence-corrected chi connectivity index (χ0v) is 12.2. The largest absolute Gasteiger partial charge is 0.385 e. The predicted molar refractivity (Wildman–Crippen MR) is 75.4 cm³/mol. The molecule has 0 saturated heterocycles. The standard InChI is InChI=1S/C15H29NO3/c1-17-8-2-9-18-11-12-19-10-7-16-15(13-3-4-13)14-5-6-14/h13-16H,2-12H2,1H3. The van der Waals surface area contributed by atoms with Crippen molar-refractivity contribution in [3.8, 4) is 0 Å². The molecule has 1 N–H and O–H groups in total. The number of nitrogens with one attached hydrogen (secondary N) is 1. The van der Waals surface area contributed by atoms with E-state index in [-0.39, 0.29) is 0 Å². The average Bonchev–Trinajstić information content (AvgIpc) is 3.28. The van der Waals surface area contributed by atoms with Crippen LogP contribution in [0.25, 0.3) is 0 Å². The molecular weight excluding hydrogens is 242 g/mol. The topological polar surface area (TPSA) is 39.7 Å².